The number of carbonyl (C=O) groups is 1. The van der Waals surface area contributed by atoms with Crippen LogP contribution in [0.5, 0.6) is 5.75 Å². The molecule has 2 aromatic carbocycles. The Morgan fingerprint density at radius 3 is 2.68 bits per heavy atom. The molecule has 4 nitrogen and oxygen atoms in total. The van der Waals surface area contributed by atoms with Gasteiger partial charge < -0.3 is 15.2 Å². The highest BCUT2D eigenvalue weighted by Crippen LogP contribution is 2.34. The quantitative estimate of drug-likeness (QED) is 0.628. The zero-order chi connectivity index (χ0) is 13.4. The lowest BCUT2D eigenvalue weighted by molar-refractivity contribution is 0.0478. The summed E-state index contributed by atoms with van der Waals surface area (Å²) in [5.41, 5.74) is 9.68. The van der Waals surface area contributed by atoms with Crippen molar-refractivity contribution in [1.29, 1.82) is 0 Å². The second kappa shape index (κ2) is 4.31. The minimum atomic E-state index is -0.344. The van der Waals surface area contributed by atoms with Crippen LogP contribution in [-0.4, -0.2) is 13.1 Å². The fourth-order valence-corrected chi connectivity index (χ4v) is 2.27. The van der Waals surface area contributed by atoms with Crippen LogP contribution >= 0.6 is 0 Å². The summed E-state index contributed by atoms with van der Waals surface area (Å²) in [6.45, 7) is 0.232. The molecule has 2 N–H and O–H groups in total. The lowest BCUT2D eigenvalue weighted by Crippen LogP contribution is -2.03. The number of hydrogen-bond donors (Lipinski definition) is 1. The number of anilines is 1. The van der Waals surface area contributed by atoms with Gasteiger partial charge >= 0.3 is 5.97 Å². The first kappa shape index (κ1) is 11.6. The highest BCUT2D eigenvalue weighted by molar-refractivity contribution is 5.99. The third-order valence-corrected chi connectivity index (χ3v) is 3.22. The van der Waals surface area contributed by atoms with Gasteiger partial charge in [-0.3, -0.25) is 0 Å². The largest absolute Gasteiger partial charge is 0.497 e. The Morgan fingerprint density at radius 1 is 1.11 bits per heavy atom. The van der Waals surface area contributed by atoms with Crippen LogP contribution in [0.2, 0.25) is 0 Å². The first-order chi connectivity index (χ1) is 9.19. The predicted octanol–water partition coefficient (Wildman–Crippen LogP) is 2.61. The number of fused-ring (bicyclic) bond motifs is 3. The lowest BCUT2D eigenvalue weighted by atomic mass is 9.96. The molecule has 0 aliphatic carbocycles. The van der Waals surface area contributed by atoms with Crippen LogP contribution in [0.15, 0.2) is 36.4 Å². The number of carbonyl (C=O) groups excluding carboxylic acids is 1. The van der Waals surface area contributed by atoms with Crippen LogP contribution < -0.4 is 10.5 Å². The van der Waals surface area contributed by atoms with Gasteiger partial charge in [0.2, 0.25) is 0 Å². The van der Waals surface area contributed by atoms with Crippen molar-refractivity contribution in [2.75, 3.05) is 12.8 Å². The van der Waals surface area contributed by atoms with Crippen LogP contribution in [-0.2, 0) is 11.3 Å². The van der Waals surface area contributed by atoms with E-state index in [4.69, 9.17) is 15.2 Å². The second-order valence-corrected chi connectivity index (χ2v) is 4.40. The summed E-state index contributed by atoms with van der Waals surface area (Å²) in [6, 6.07) is 11.0. The zero-order valence-corrected chi connectivity index (χ0v) is 10.5. The van der Waals surface area contributed by atoms with Gasteiger partial charge in [-0.1, -0.05) is 6.07 Å². The van der Waals surface area contributed by atoms with E-state index in [1.807, 2.05) is 30.3 Å². The summed E-state index contributed by atoms with van der Waals surface area (Å²) in [6.07, 6.45) is 0. The van der Waals surface area contributed by atoms with E-state index in [9.17, 15) is 4.79 Å². The van der Waals surface area contributed by atoms with Gasteiger partial charge in [-0.15, -0.1) is 0 Å². The summed E-state index contributed by atoms with van der Waals surface area (Å²) >= 11 is 0. The molecule has 1 heterocycles. The Labute approximate surface area is 110 Å². The second-order valence-electron chi connectivity index (χ2n) is 4.40. The normalized spacial score (nSPS) is 13.0. The molecule has 4 heteroatoms. The monoisotopic (exact) mass is 255 g/mol. The van der Waals surface area contributed by atoms with Crippen LogP contribution in [0.3, 0.4) is 0 Å². The van der Waals surface area contributed by atoms with Gasteiger partial charge in [-0.2, -0.15) is 0 Å². The van der Waals surface area contributed by atoms with E-state index in [-0.39, 0.29) is 12.6 Å². The molecule has 1 aliphatic heterocycles. The fourth-order valence-electron chi connectivity index (χ4n) is 2.27. The molecule has 0 atom stereocenters. The highest BCUT2D eigenvalue weighted by atomic mass is 16.5. The molecule has 0 unspecified atom stereocenters. The molecule has 0 amide bonds. The maximum absolute atomic E-state index is 12.0. The van der Waals surface area contributed by atoms with Gasteiger partial charge in [-0.05, 0) is 47.0 Å². The molecule has 96 valence electrons. The number of ether oxygens (including phenoxy) is 2. The van der Waals surface area contributed by atoms with Gasteiger partial charge in [0.25, 0.3) is 0 Å². The van der Waals surface area contributed by atoms with E-state index in [0.29, 0.717) is 17.0 Å². The number of methoxy groups -OCH3 is 1. The zero-order valence-electron chi connectivity index (χ0n) is 10.5. The Kier molecular flexibility index (Phi) is 2.63. The molecule has 0 fully saturated rings. The Hall–Kier alpha value is -2.49. The maximum Gasteiger partial charge on any atom is 0.339 e. The number of esters is 1. The van der Waals surface area contributed by atoms with E-state index < -0.39 is 0 Å². The molecule has 0 spiro atoms. The summed E-state index contributed by atoms with van der Waals surface area (Å²) in [5, 5.41) is 0. The Balaban J connectivity index is 2.25. The van der Waals surface area contributed by atoms with E-state index >= 15 is 0 Å². The first-order valence-electron chi connectivity index (χ1n) is 5.93. The third-order valence-electron chi connectivity index (χ3n) is 3.22. The number of hydrogen-bond acceptors (Lipinski definition) is 4. The average molecular weight is 255 g/mol. The third kappa shape index (κ3) is 1.91. The van der Waals surface area contributed by atoms with Crippen molar-refractivity contribution in [3.63, 3.8) is 0 Å². The van der Waals surface area contributed by atoms with Gasteiger partial charge in [0.15, 0.2) is 0 Å². The first-order valence-corrected chi connectivity index (χ1v) is 5.93. The van der Waals surface area contributed by atoms with Crippen LogP contribution in [0.1, 0.15) is 15.9 Å². The number of nitrogen functional groups attached to an aromatic ring is 1. The van der Waals surface area contributed by atoms with Crippen molar-refractivity contribution in [3.8, 4) is 16.9 Å². The van der Waals surface area contributed by atoms with Crippen molar-refractivity contribution in [3.05, 3.63) is 47.5 Å². The summed E-state index contributed by atoms with van der Waals surface area (Å²) in [4.78, 5) is 12.0. The summed E-state index contributed by atoms with van der Waals surface area (Å²) in [7, 11) is 1.57. The smallest absolute Gasteiger partial charge is 0.339 e. The molecule has 1 aliphatic rings. The van der Waals surface area contributed by atoms with E-state index in [1.165, 1.54) is 0 Å². The molecular formula is C15H13NO3. The van der Waals surface area contributed by atoms with Crippen molar-refractivity contribution in [1.82, 2.24) is 0 Å². The molecule has 0 aromatic heterocycles. The number of benzene rings is 2. The van der Waals surface area contributed by atoms with Crippen LogP contribution in [0, 0.1) is 0 Å². The molecule has 0 saturated carbocycles. The fraction of sp³-hybridized carbons (Fsp3) is 0.133. The Bertz CT molecular complexity index is 664. The van der Waals surface area contributed by atoms with Gasteiger partial charge in [0.1, 0.15) is 12.4 Å². The highest BCUT2D eigenvalue weighted by Gasteiger charge is 2.21. The lowest BCUT2D eigenvalue weighted by Gasteiger charge is -2.09. The van der Waals surface area contributed by atoms with E-state index in [0.717, 1.165) is 16.7 Å². The number of nitrogens with two attached hydrogens (primary N) is 1. The standard InChI is InChI=1S/C15H13NO3/c1-18-11-3-5-13-12-4-2-10(16)6-9(12)8-19-15(17)14(13)7-11/h2-7H,8,16H2,1H3. The topological polar surface area (TPSA) is 61.5 Å². The van der Waals surface area contributed by atoms with Gasteiger partial charge in [0.05, 0.1) is 12.7 Å². The minimum absolute atomic E-state index is 0.232. The van der Waals surface area contributed by atoms with Crippen molar-refractivity contribution >= 4 is 11.7 Å². The average Bonchev–Trinajstić information content (AvgIpc) is 2.56. The van der Waals surface area contributed by atoms with Crippen LogP contribution in [0.4, 0.5) is 5.69 Å². The van der Waals surface area contributed by atoms with E-state index in [2.05, 4.69) is 0 Å². The Morgan fingerprint density at radius 2 is 1.89 bits per heavy atom. The molecule has 3 rings (SSSR count). The molecule has 19 heavy (non-hydrogen) atoms. The predicted molar refractivity (Wildman–Crippen MR) is 72.0 cm³/mol. The molecule has 0 saturated heterocycles. The summed E-state index contributed by atoms with van der Waals surface area (Å²) in [5.74, 6) is 0.290. The SMILES string of the molecule is COc1ccc2c(c1)C(=O)OCc1cc(N)ccc1-2. The van der Waals surface area contributed by atoms with Crippen molar-refractivity contribution < 1.29 is 14.3 Å². The minimum Gasteiger partial charge on any atom is -0.497 e. The molecule has 2 aromatic rings. The van der Waals surface area contributed by atoms with Crippen molar-refractivity contribution in [2.45, 2.75) is 6.61 Å². The maximum atomic E-state index is 12.0. The molecular weight excluding hydrogens is 242 g/mol. The van der Waals surface area contributed by atoms with Crippen LogP contribution in [0.25, 0.3) is 11.1 Å². The number of cyclic esters (lactones) is 1. The number of rotatable bonds is 1. The summed E-state index contributed by atoms with van der Waals surface area (Å²) < 4.78 is 10.4. The van der Waals surface area contributed by atoms with E-state index in [1.54, 1.807) is 13.2 Å². The molecule has 0 radical (unpaired) electrons. The van der Waals surface area contributed by atoms with Crippen molar-refractivity contribution in [2.24, 2.45) is 0 Å². The van der Waals surface area contributed by atoms with Gasteiger partial charge in [0, 0.05) is 5.69 Å². The van der Waals surface area contributed by atoms with Gasteiger partial charge in [-0.25, -0.2) is 4.79 Å². The molecule has 0 bridgehead atoms.